The lowest BCUT2D eigenvalue weighted by atomic mass is 10.1. The largest absolute Gasteiger partial charge is 0.456 e. The summed E-state index contributed by atoms with van der Waals surface area (Å²) in [4.78, 5) is 17.1. The summed E-state index contributed by atoms with van der Waals surface area (Å²) < 4.78 is 36.3. The number of para-hydroxylation sites is 1. The number of amides is 1. The molecule has 0 spiro atoms. The lowest BCUT2D eigenvalue weighted by Gasteiger charge is -2.14. The van der Waals surface area contributed by atoms with E-state index < -0.39 is 15.9 Å². The lowest BCUT2D eigenvalue weighted by molar-refractivity contribution is 0.102. The summed E-state index contributed by atoms with van der Waals surface area (Å²) in [5, 5.41) is 3.48. The van der Waals surface area contributed by atoms with Crippen LogP contribution in [0.4, 0.5) is 11.4 Å². The van der Waals surface area contributed by atoms with E-state index in [1.165, 1.54) is 42.5 Å². The monoisotopic (exact) mass is 578 g/mol. The van der Waals surface area contributed by atoms with E-state index in [9.17, 15) is 13.2 Å². The van der Waals surface area contributed by atoms with Crippen LogP contribution in [0.5, 0.6) is 11.5 Å². The molecule has 5 aromatic rings. The molecule has 0 atom stereocenters. The number of carbonyl (C=O) groups is 1. The van der Waals surface area contributed by atoms with Crippen LogP contribution in [-0.2, 0) is 10.0 Å². The number of rotatable bonds is 8. The van der Waals surface area contributed by atoms with E-state index in [2.05, 4.69) is 15.0 Å². The van der Waals surface area contributed by atoms with Gasteiger partial charge < -0.3 is 14.6 Å². The van der Waals surface area contributed by atoms with Gasteiger partial charge in [0.25, 0.3) is 15.9 Å². The molecule has 1 heterocycles. The van der Waals surface area contributed by atoms with E-state index in [4.69, 9.17) is 27.9 Å². The molecule has 0 saturated carbocycles. The molecular weight excluding hydrogens is 559 g/mol. The zero-order valence-electron chi connectivity index (χ0n) is 20.1. The van der Waals surface area contributed by atoms with Gasteiger partial charge in [0.1, 0.15) is 11.5 Å². The average Bonchev–Trinajstić information content (AvgIpc) is 3.47. The van der Waals surface area contributed by atoms with E-state index >= 15 is 0 Å². The highest BCUT2D eigenvalue weighted by Gasteiger charge is 2.20. The number of anilines is 2. The fraction of sp³-hybridized carbons (Fsp3) is 0. The Kier molecular flexibility index (Phi) is 7.56. The standard InChI is InChI=1S/C28H20Cl2N4O4S/c29-19-5-14-26(24(17-19)28(35)32-20-6-8-21(9-7-20)34-16-15-31-18-34)33-39(36,37)23-12-10-22(11-13-23)38-27-4-2-1-3-25(27)30/h1-18,33H,(H,32,35). The van der Waals surface area contributed by atoms with E-state index in [1.54, 1.807) is 55.1 Å². The number of imidazole rings is 1. The molecule has 1 aromatic heterocycles. The molecular formula is C28H20Cl2N4O4S. The molecule has 0 unspecified atom stereocenters. The van der Waals surface area contributed by atoms with Crippen molar-refractivity contribution in [3.63, 3.8) is 0 Å². The van der Waals surface area contributed by atoms with Gasteiger partial charge in [-0.3, -0.25) is 9.52 Å². The summed E-state index contributed by atoms with van der Waals surface area (Å²) in [6.45, 7) is 0. The van der Waals surface area contributed by atoms with Crippen molar-refractivity contribution in [3.05, 3.63) is 125 Å². The molecule has 8 nitrogen and oxygen atoms in total. The maximum absolute atomic E-state index is 13.1. The smallest absolute Gasteiger partial charge is 0.261 e. The molecule has 1 amide bonds. The Bertz CT molecular complexity index is 1720. The van der Waals surface area contributed by atoms with Gasteiger partial charge in [-0.05, 0) is 78.9 Å². The van der Waals surface area contributed by atoms with Crippen molar-refractivity contribution >= 4 is 50.5 Å². The minimum absolute atomic E-state index is 0.0228. The summed E-state index contributed by atoms with van der Waals surface area (Å²) in [6.07, 6.45) is 5.13. The number of carbonyl (C=O) groups excluding carboxylic acids is 1. The minimum atomic E-state index is -4.05. The molecule has 0 aliphatic carbocycles. The maximum atomic E-state index is 13.1. The van der Waals surface area contributed by atoms with E-state index in [0.29, 0.717) is 22.2 Å². The Morgan fingerprint density at radius 2 is 1.64 bits per heavy atom. The van der Waals surface area contributed by atoms with Crippen LogP contribution in [0.15, 0.2) is 115 Å². The molecule has 5 rings (SSSR count). The summed E-state index contributed by atoms with van der Waals surface area (Å²) >= 11 is 12.3. The molecule has 196 valence electrons. The van der Waals surface area contributed by atoms with Crippen LogP contribution >= 0.6 is 23.2 Å². The Morgan fingerprint density at radius 3 is 2.33 bits per heavy atom. The van der Waals surface area contributed by atoms with Gasteiger partial charge in [0, 0.05) is 28.8 Å². The fourth-order valence-electron chi connectivity index (χ4n) is 3.67. The number of hydrogen-bond donors (Lipinski definition) is 2. The van der Waals surface area contributed by atoms with Crippen molar-refractivity contribution in [2.45, 2.75) is 4.90 Å². The van der Waals surface area contributed by atoms with Gasteiger partial charge >= 0.3 is 0 Å². The van der Waals surface area contributed by atoms with Gasteiger partial charge in [0.2, 0.25) is 0 Å². The Morgan fingerprint density at radius 1 is 0.897 bits per heavy atom. The van der Waals surface area contributed by atoms with Crippen LogP contribution < -0.4 is 14.8 Å². The lowest BCUT2D eigenvalue weighted by Crippen LogP contribution is -2.18. The van der Waals surface area contributed by atoms with Gasteiger partial charge in [-0.15, -0.1) is 0 Å². The second-order valence-corrected chi connectivity index (χ2v) is 10.8. The van der Waals surface area contributed by atoms with Crippen LogP contribution in [0.3, 0.4) is 0 Å². The molecule has 11 heteroatoms. The third-order valence-corrected chi connectivity index (χ3v) is 7.53. The SMILES string of the molecule is O=C(Nc1ccc(-n2ccnc2)cc1)c1cc(Cl)ccc1NS(=O)(=O)c1ccc(Oc2ccccc2Cl)cc1. The van der Waals surface area contributed by atoms with Crippen LogP contribution in [0.1, 0.15) is 10.4 Å². The van der Waals surface area contributed by atoms with Crippen LogP contribution in [-0.4, -0.2) is 23.9 Å². The van der Waals surface area contributed by atoms with Crippen molar-refractivity contribution in [1.82, 2.24) is 9.55 Å². The van der Waals surface area contributed by atoms with Crippen molar-refractivity contribution in [2.75, 3.05) is 10.0 Å². The molecule has 39 heavy (non-hydrogen) atoms. The number of benzene rings is 4. The number of halogens is 2. The fourth-order valence-corrected chi connectivity index (χ4v) is 5.09. The predicted octanol–water partition coefficient (Wildman–Crippen LogP) is 7.02. The number of aromatic nitrogens is 2. The van der Waals surface area contributed by atoms with Gasteiger partial charge in [-0.2, -0.15) is 0 Å². The van der Waals surface area contributed by atoms with Crippen LogP contribution in [0.2, 0.25) is 10.0 Å². The third-order valence-electron chi connectivity index (χ3n) is 5.60. The molecule has 0 aliphatic rings. The Hall–Kier alpha value is -4.31. The summed E-state index contributed by atoms with van der Waals surface area (Å²) in [7, 11) is -4.05. The van der Waals surface area contributed by atoms with Gasteiger partial charge in [0.15, 0.2) is 0 Å². The number of nitrogens with one attached hydrogen (secondary N) is 2. The predicted molar refractivity (Wildman–Crippen MR) is 152 cm³/mol. The third kappa shape index (κ3) is 6.23. The molecule has 0 fully saturated rings. The van der Waals surface area contributed by atoms with Crippen molar-refractivity contribution in [1.29, 1.82) is 0 Å². The zero-order valence-corrected chi connectivity index (χ0v) is 22.4. The molecule has 4 aromatic carbocycles. The zero-order chi connectivity index (χ0) is 27.4. The van der Waals surface area contributed by atoms with Crippen LogP contribution in [0, 0.1) is 0 Å². The molecule has 0 radical (unpaired) electrons. The second kappa shape index (κ2) is 11.2. The quantitative estimate of drug-likeness (QED) is 0.206. The van der Waals surface area contributed by atoms with Crippen molar-refractivity contribution < 1.29 is 17.9 Å². The van der Waals surface area contributed by atoms with E-state index in [-0.39, 0.29) is 21.2 Å². The highest BCUT2D eigenvalue weighted by molar-refractivity contribution is 7.92. The first-order valence-electron chi connectivity index (χ1n) is 11.5. The average molecular weight is 579 g/mol. The topological polar surface area (TPSA) is 102 Å². The number of hydrogen-bond acceptors (Lipinski definition) is 5. The maximum Gasteiger partial charge on any atom is 0.261 e. The van der Waals surface area contributed by atoms with Crippen molar-refractivity contribution in [3.8, 4) is 17.2 Å². The van der Waals surface area contributed by atoms with Gasteiger partial charge in [0.05, 0.1) is 27.5 Å². The summed E-state index contributed by atoms with van der Waals surface area (Å²) in [5.41, 5.74) is 1.52. The summed E-state index contributed by atoms with van der Waals surface area (Å²) in [5.74, 6) is 0.322. The molecule has 0 bridgehead atoms. The Balaban J connectivity index is 1.33. The molecule has 0 saturated heterocycles. The number of nitrogens with zero attached hydrogens (tertiary/aromatic N) is 2. The summed E-state index contributed by atoms with van der Waals surface area (Å²) in [6, 6.07) is 24.2. The minimum Gasteiger partial charge on any atom is -0.456 e. The number of ether oxygens (including phenoxy) is 1. The Labute approximate surface area is 234 Å². The van der Waals surface area contributed by atoms with Crippen LogP contribution in [0.25, 0.3) is 5.69 Å². The molecule has 2 N–H and O–H groups in total. The molecule has 0 aliphatic heterocycles. The second-order valence-electron chi connectivity index (χ2n) is 8.27. The normalized spacial score (nSPS) is 11.1. The number of sulfonamides is 1. The van der Waals surface area contributed by atoms with Gasteiger partial charge in [-0.25, -0.2) is 13.4 Å². The van der Waals surface area contributed by atoms with E-state index in [0.717, 1.165) is 5.69 Å². The highest BCUT2D eigenvalue weighted by Crippen LogP contribution is 2.30. The highest BCUT2D eigenvalue weighted by atomic mass is 35.5. The first-order valence-corrected chi connectivity index (χ1v) is 13.8. The van der Waals surface area contributed by atoms with Gasteiger partial charge in [-0.1, -0.05) is 35.3 Å². The van der Waals surface area contributed by atoms with Crippen molar-refractivity contribution in [2.24, 2.45) is 0 Å². The first-order chi connectivity index (χ1) is 18.8. The van der Waals surface area contributed by atoms with E-state index in [1.807, 2.05) is 16.7 Å². The first kappa shape index (κ1) is 26.3.